The lowest BCUT2D eigenvalue weighted by Crippen LogP contribution is -2.61. The molecule has 0 spiro atoms. The maximum absolute atomic E-state index is 13.7. The van der Waals surface area contributed by atoms with Gasteiger partial charge in [-0.05, 0) is 0 Å². The number of aliphatic carboxylic acids is 1. The number of nitrogens with one attached hydrogen (secondary N) is 1. The predicted molar refractivity (Wildman–Crippen MR) is 62.6 cm³/mol. The fourth-order valence-corrected chi connectivity index (χ4v) is 1.98. The molecule has 0 aromatic carbocycles. The third kappa shape index (κ3) is 3.71. The Morgan fingerprint density at radius 3 is 2.55 bits per heavy atom. The highest BCUT2D eigenvalue weighted by Crippen LogP contribution is 2.20. The highest BCUT2D eigenvalue weighted by atomic mass is 19.1. The van der Waals surface area contributed by atoms with Crippen molar-refractivity contribution >= 4 is 17.7 Å². The summed E-state index contributed by atoms with van der Waals surface area (Å²) in [5, 5.41) is 38.9. The van der Waals surface area contributed by atoms with E-state index in [1.807, 2.05) is 0 Å². The SMILES string of the molecule is CC(=O)N[C@@H]1[C@@H](O)[C@@H](F)C(C(=O)O)=[O+][C@H]1C[C@H](O)CO. The summed E-state index contributed by atoms with van der Waals surface area (Å²) < 4.78 is 18.6. The van der Waals surface area contributed by atoms with Crippen LogP contribution in [0.4, 0.5) is 4.39 Å². The quantitative estimate of drug-likeness (QED) is 0.281. The number of hydrogen-bond acceptors (Lipinski definition) is 5. The van der Waals surface area contributed by atoms with Gasteiger partial charge in [-0.1, -0.05) is 0 Å². The number of carboxylic acid groups (broad SMARTS) is 1. The van der Waals surface area contributed by atoms with Crippen LogP contribution in [-0.2, 0) is 14.0 Å². The first kappa shape index (κ1) is 16.5. The second kappa shape index (κ2) is 6.73. The van der Waals surface area contributed by atoms with Gasteiger partial charge in [0.1, 0.15) is 12.1 Å². The molecule has 1 heterocycles. The van der Waals surface area contributed by atoms with Crippen LogP contribution in [0.3, 0.4) is 0 Å². The standard InChI is InChI=1S/C11H16FNO7/c1-4(15)13-8-6(2-5(16)3-14)20-10(11(18)19)7(12)9(8)17/h5-9,14,16-17H,2-3H2,1H3,(H-,13,15,18,19)/p+1/t5-,6-,7+,8-,9-/m0/s1. The zero-order valence-electron chi connectivity index (χ0n) is 10.7. The van der Waals surface area contributed by atoms with Crippen LogP contribution in [0.5, 0.6) is 0 Å². The normalized spacial score (nSPS) is 31.4. The minimum absolute atomic E-state index is 0.276. The van der Waals surface area contributed by atoms with Crippen LogP contribution in [-0.4, -0.2) is 75.2 Å². The predicted octanol–water partition coefficient (Wildman–Crippen LogP) is -2.49. The van der Waals surface area contributed by atoms with Crippen LogP contribution in [0.15, 0.2) is 0 Å². The van der Waals surface area contributed by atoms with Gasteiger partial charge in [0.2, 0.25) is 12.1 Å². The molecule has 1 amide bonds. The van der Waals surface area contributed by atoms with E-state index in [-0.39, 0.29) is 6.42 Å². The van der Waals surface area contributed by atoms with Gasteiger partial charge >= 0.3 is 11.8 Å². The Bertz CT molecular complexity index is 414. The van der Waals surface area contributed by atoms with E-state index in [1.54, 1.807) is 0 Å². The average molecular weight is 294 g/mol. The van der Waals surface area contributed by atoms with Gasteiger partial charge in [-0.2, -0.15) is 0 Å². The number of amides is 1. The molecule has 0 unspecified atom stereocenters. The van der Waals surface area contributed by atoms with Crippen molar-refractivity contribution in [3.8, 4) is 0 Å². The van der Waals surface area contributed by atoms with Gasteiger partial charge in [0.25, 0.3) is 6.10 Å². The van der Waals surface area contributed by atoms with Crippen LogP contribution in [0, 0.1) is 0 Å². The molecule has 1 rings (SSSR count). The van der Waals surface area contributed by atoms with E-state index in [0.29, 0.717) is 0 Å². The van der Waals surface area contributed by atoms with E-state index >= 15 is 0 Å². The molecule has 0 saturated carbocycles. The zero-order chi connectivity index (χ0) is 15.4. The van der Waals surface area contributed by atoms with Crippen molar-refractivity contribution in [3.63, 3.8) is 0 Å². The van der Waals surface area contributed by atoms with Gasteiger partial charge in [-0.3, -0.25) is 4.79 Å². The third-order valence-electron chi connectivity index (χ3n) is 2.89. The number of carbonyl (C=O) groups is 2. The van der Waals surface area contributed by atoms with Gasteiger partial charge in [0.05, 0.1) is 19.1 Å². The maximum Gasteiger partial charge on any atom is 0.440 e. The number of carboxylic acids is 1. The Labute approximate surface area is 113 Å². The molecule has 0 aromatic heterocycles. The summed E-state index contributed by atoms with van der Waals surface area (Å²) in [6.45, 7) is 0.514. The minimum atomic E-state index is -2.30. The second-order valence-corrected chi connectivity index (χ2v) is 4.52. The van der Waals surface area contributed by atoms with Crippen LogP contribution >= 0.6 is 0 Å². The Morgan fingerprint density at radius 1 is 1.50 bits per heavy atom. The monoisotopic (exact) mass is 294 g/mol. The van der Waals surface area contributed by atoms with Crippen molar-refractivity contribution < 1.29 is 38.8 Å². The van der Waals surface area contributed by atoms with E-state index in [2.05, 4.69) is 5.32 Å². The highest BCUT2D eigenvalue weighted by Gasteiger charge is 2.54. The first-order valence-corrected chi connectivity index (χ1v) is 5.92. The molecule has 0 saturated heterocycles. The number of aliphatic hydroxyl groups excluding tert-OH is 3. The largest absolute Gasteiger partial charge is 0.471 e. The Morgan fingerprint density at radius 2 is 2.10 bits per heavy atom. The molecule has 0 aromatic rings. The Balaban J connectivity index is 3.07. The van der Waals surface area contributed by atoms with E-state index in [4.69, 9.17) is 14.6 Å². The van der Waals surface area contributed by atoms with Gasteiger partial charge in [0, 0.05) is 6.92 Å². The van der Waals surface area contributed by atoms with Crippen molar-refractivity contribution in [2.45, 2.75) is 43.9 Å². The second-order valence-electron chi connectivity index (χ2n) is 4.52. The van der Waals surface area contributed by atoms with Gasteiger partial charge < -0.3 is 25.7 Å². The lowest BCUT2D eigenvalue weighted by molar-refractivity contribution is -0.522. The van der Waals surface area contributed by atoms with Gasteiger partial charge in [-0.25, -0.2) is 13.6 Å². The molecule has 0 fully saturated rings. The smallest absolute Gasteiger partial charge is 0.440 e. The maximum atomic E-state index is 13.7. The number of ketones is 1. The molecule has 0 aliphatic carbocycles. The summed E-state index contributed by atoms with van der Waals surface area (Å²) in [7, 11) is 0. The molecule has 1 aliphatic rings. The first-order chi connectivity index (χ1) is 9.27. The number of hydrogen-bond donors (Lipinski definition) is 5. The van der Waals surface area contributed by atoms with Crippen LogP contribution in [0.1, 0.15) is 13.3 Å². The zero-order valence-corrected chi connectivity index (χ0v) is 10.7. The van der Waals surface area contributed by atoms with Crippen LogP contribution < -0.4 is 5.32 Å². The Hall–Kier alpha value is -1.58. The topological polar surface area (TPSA) is 138 Å². The third-order valence-corrected chi connectivity index (χ3v) is 2.89. The molecule has 1 aliphatic heterocycles. The molecule has 114 valence electrons. The van der Waals surface area contributed by atoms with Crippen molar-refractivity contribution in [1.29, 1.82) is 0 Å². The van der Waals surface area contributed by atoms with Gasteiger partial charge in [-0.15, -0.1) is 0 Å². The summed E-state index contributed by atoms with van der Waals surface area (Å²) in [6, 6.07) is -1.23. The summed E-state index contributed by atoms with van der Waals surface area (Å²) in [5.41, 5.74) is 0. The first-order valence-electron chi connectivity index (χ1n) is 5.92. The van der Waals surface area contributed by atoms with Crippen LogP contribution in [0.25, 0.3) is 0 Å². The fraction of sp³-hybridized carbons (Fsp3) is 0.727. The lowest BCUT2D eigenvalue weighted by Gasteiger charge is -2.28. The molecule has 0 radical (unpaired) electrons. The number of aliphatic hydroxyl groups is 3. The summed E-state index contributed by atoms with van der Waals surface area (Å²) in [6.07, 6.45) is -6.83. The molecule has 0 bridgehead atoms. The van der Waals surface area contributed by atoms with Gasteiger partial charge in [0.15, 0.2) is 0 Å². The molecule has 20 heavy (non-hydrogen) atoms. The van der Waals surface area contributed by atoms with Crippen molar-refractivity contribution in [2.24, 2.45) is 0 Å². The van der Waals surface area contributed by atoms with Crippen molar-refractivity contribution in [2.75, 3.05) is 6.61 Å². The molecular weight excluding hydrogens is 277 g/mol. The number of halogens is 1. The highest BCUT2D eigenvalue weighted by molar-refractivity contribution is 6.35. The Kier molecular flexibility index (Phi) is 5.54. The fourth-order valence-electron chi connectivity index (χ4n) is 1.98. The number of carbonyl (C=O) groups excluding carboxylic acids is 2. The molecule has 5 atom stereocenters. The summed E-state index contributed by atoms with van der Waals surface area (Å²) in [4.78, 5) is 21.9. The van der Waals surface area contributed by atoms with E-state index < -0.39 is 54.8 Å². The minimum Gasteiger partial charge on any atom is -0.471 e. The molecule has 9 heteroatoms. The van der Waals surface area contributed by atoms with E-state index in [0.717, 1.165) is 6.92 Å². The number of alkyl halides is 1. The average Bonchev–Trinajstić information content (AvgIpc) is 2.37. The van der Waals surface area contributed by atoms with Crippen molar-refractivity contribution in [3.05, 3.63) is 0 Å². The summed E-state index contributed by atoms with van der Waals surface area (Å²) >= 11 is 0. The van der Waals surface area contributed by atoms with Crippen molar-refractivity contribution in [1.82, 2.24) is 5.32 Å². The van der Waals surface area contributed by atoms with E-state index in [9.17, 15) is 24.2 Å². The van der Waals surface area contributed by atoms with E-state index in [1.165, 1.54) is 0 Å². The number of rotatable bonds is 5. The molecular formula is C11H17FNO7+. The van der Waals surface area contributed by atoms with Crippen LogP contribution in [0.2, 0.25) is 0 Å². The summed E-state index contributed by atoms with van der Waals surface area (Å²) in [5.74, 6) is -3.25. The lowest BCUT2D eigenvalue weighted by atomic mass is 9.92. The molecule has 8 nitrogen and oxygen atoms in total. The molecule has 5 N–H and O–H groups in total.